The number of carbonyl (C=O) groups excluding carboxylic acids is 2. The zero-order chi connectivity index (χ0) is 18.4. The van der Waals surface area contributed by atoms with Crippen LogP contribution in [0.1, 0.15) is 6.92 Å². The fourth-order valence-electron chi connectivity index (χ4n) is 1.83. The van der Waals surface area contributed by atoms with E-state index in [1.165, 1.54) is 25.1 Å². The monoisotopic (exact) mass is 401 g/mol. The highest BCUT2D eigenvalue weighted by Gasteiger charge is 2.18. The highest BCUT2D eigenvalue weighted by molar-refractivity contribution is 6.35. The number of hydrogen-bond donors (Lipinski definition) is 1. The largest absolute Gasteiger partial charge is 0.482 e. The van der Waals surface area contributed by atoms with Crippen molar-refractivity contribution in [3.63, 3.8) is 0 Å². The minimum atomic E-state index is -1.01. The number of amides is 1. The molecule has 0 heterocycles. The molecule has 0 bridgehead atoms. The molecule has 0 aliphatic carbocycles. The summed E-state index contributed by atoms with van der Waals surface area (Å²) < 4.78 is 10.3. The van der Waals surface area contributed by atoms with Crippen LogP contribution in [0.3, 0.4) is 0 Å². The van der Waals surface area contributed by atoms with E-state index < -0.39 is 18.0 Å². The molecular formula is C17H14Cl3NO4. The fourth-order valence-corrected chi connectivity index (χ4v) is 2.48. The Morgan fingerprint density at radius 2 is 1.60 bits per heavy atom. The zero-order valence-corrected chi connectivity index (χ0v) is 15.4. The molecule has 0 saturated heterocycles. The van der Waals surface area contributed by atoms with Gasteiger partial charge in [-0.2, -0.15) is 0 Å². The van der Waals surface area contributed by atoms with E-state index in [0.29, 0.717) is 26.5 Å². The SMILES string of the molecule is C[C@H](OC(=O)COc1ccc(Cl)cc1)C(=O)Nc1cc(Cl)cc(Cl)c1. The molecule has 1 N–H and O–H groups in total. The summed E-state index contributed by atoms with van der Waals surface area (Å²) in [5.74, 6) is -0.730. The molecule has 0 radical (unpaired) electrons. The molecule has 8 heteroatoms. The molecule has 25 heavy (non-hydrogen) atoms. The molecule has 0 spiro atoms. The zero-order valence-electron chi connectivity index (χ0n) is 13.1. The lowest BCUT2D eigenvalue weighted by Gasteiger charge is -2.14. The van der Waals surface area contributed by atoms with Crippen molar-refractivity contribution in [2.75, 3.05) is 11.9 Å². The molecule has 132 valence electrons. The van der Waals surface area contributed by atoms with Crippen molar-refractivity contribution >= 4 is 52.4 Å². The van der Waals surface area contributed by atoms with Crippen molar-refractivity contribution in [3.8, 4) is 5.75 Å². The second kappa shape index (κ2) is 8.94. The molecule has 5 nitrogen and oxygen atoms in total. The van der Waals surface area contributed by atoms with Gasteiger partial charge in [-0.15, -0.1) is 0 Å². The van der Waals surface area contributed by atoms with E-state index in [1.54, 1.807) is 24.3 Å². The van der Waals surface area contributed by atoms with Gasteiger partial charge in [-0.25, -0.2) is 4.79 Å². The summed E-state index contributed by atoms with van der Waals surface area (Å²) in [7, 11) is 0. The molecule has 2 aromatic rings. The van der Waals surface area contributed by atoms with E-state index in [4.69, 9.17) is 44.3 Å². The van der Waals surface area contributed by atoms with E-state index in [0.717, 1.165) is 0 Å². The van der Waals surface area contributed by atoms with Crippen LogP contribution in [0.25, 0.3) is 0 Å². The van der Waals surface area contributed by atoms with Gasteiger partial charge in [-0.05, 0) is 49.4 Å². The molecule has 0 aromatic heterocycles. The van der Waals surface area contributed by atoms with Gasteiger partial charge in [-0.1, -0.05) is 34.8 Å². The number of ether oxygens (including phenoxy) is 2. The van der Waals surface area contributed by atoms with E-state index in [2.05, 4.69) is 5.32 Å². The van der Waals surface area contributed by atoms with Gasteiger partial charge in [0.25, 0.3) is 5.91 Å². The molecule has 0 aliphatic heterocycles. The van der Waals surface area contributed by atoms with Gasteiger partial charge in [-0.3, -0.25) is 4.79 Å². The number of hydrogen-bond acceptors (Lipinski definition) is 4. The van der Waals surface area contributed by atoms with Crippen LogP contribution in [-0.4, -0.2) is 24.6 Å². The summed E-state index contributed by atoms with van der Waals surface area (Å²) in [6.07, 6.45) is -1.01. The maximum absolute atomic E-state index is 12.1. The third-order valence-electron chi connectivity index (χ3n) is 2.98. The van der Waals surface area contributed by atoms with Gasteiger partial charge in [0.15, 0.2) is 12.7 Å². The Morgan fingerprint density at radius 3 is 2.20 bits per heavy atom. The van der Waals surface area contributed by atoms with E-state index in [-0.39, 0.29) is 6.61 Å². The Bertz CT molecular complexity index is 745. The Balaban J connectivity index is 1.83. The van der Waals surface area contributed by atoms with E-state index in [9.17, 15) is 9.59 Å². The average molecular weight is 403 g/mol. The highest BCUT2D eigenvalue weighted by atomic mass is 35.5. The van der Waals surface area contributed by atoms with Gasteiger partial charge < -0.3 is 14.8 Å². The normalized spacial score (nSPS) is 11.5. The van der Waals surface area contributed by atoms with Gasteiger partial charge >= 0.3 is 5.97 Å². The Labute approximate surface area is 159 Å². The van der Waals surface area contributed by atoms with Crippen LogP contribution >= 0.6 is 34.8 Å². The summed E-state index contributed by atoms with van der Waals surface area (Å²) in [6, 6.07) is 11.1. The second-order valence-corrected chi connectivity index (χ2v) is 6.33. The fraction of sp³-hybridized carbons (Fsp3) is 0.176. The van der Waals surface area contributed by atoms with Gasteiger partial charge in [0, 0.05) is 20.8 Å². The van der Waals surface area contributed by atoms with Crippen LogP contribution in [0.5, 0.6) is 5.75 Å². The first kappa shape index (κ1) is 19.4. The quantitative estimate of drug-likeness (QED) is 0.717. The Kier molecular flexibility index (Phi) is 6.93. The smallest absolute Gasteiger partial charge is 0.344 e. The van der Waals surface area contributed by atoms with Gasteiger partial charge in [0.1, 0.15) is 5.75 Å². The molecule has 1 amide bonds. The van der Waals surface area contributed by atoms with Crippen molar-refractivity contribution in [2.45, 2.75) is 13.0 Å². The predicted molar refractivity (Wildman–Crippen MR) is 97.6 cm³/mol. The van der Waals surface area contributed by atoms with E-state index in [1.807, 2.05) is 0 Å². The predicted octanol–water partition coefficient (Wildman–Crippen LogP) is 4.60. The third-order valence-corrected chi connectivity index (χ3v) is 3.67. The molecule has 0 fully saturated rings. The summed E-state index contributed by atoms with van der Waals surface area (Å²) >= 11 is 17.5. The van der Waals surface area contributed by atoms with Crippen LogP contribution in [0.4, 0.5) is 5.69 Å². The molecule has 2 rings (SSSR count). The van der Waals surface area contributed by atoms with Crippen LogP contribution in [0, 0.1) is 0 Å². The van der Waals surface area contributed by atoms with Gasteiger partial charge in [0.2, 0.25) is 0 Å². The maximum atomic E-state index is 12.1. The van der Waals surface area contributed by atoms with Crippen molar-refractivity contribution < 1.29 is 19.1 Å². The van der Waals surface area contributed by atoms with Crippen molar-refractivity contribution in [1.82, 2.24) is 0 Å². The van der Waals surface area contributed by atoms with Crippen LogP contribution < -0.4 is 10.1 Å². The van der Waals surface area contributed by atoms with Crippen LogP contribution in [-0.2, 0) is 14.3 Å². The number of halogens is 3. The number of esters is 1. The Hall–Kier alpha value is -1.95. The minimum Gasteiger partial charge on any atom is -0.482 e. The summed E-state index contributed by atoms with van der Waals surface area (Å²) in [5.41, 5.74) is 0.405. The molecular weight excluding hydrogens is 389 g/mol. The minimum absolute atomic E-state index is 0.331. The third kappa shape index (κ3) is 6.46. The first-order chi connectivity index (χ1) is 11.8. The van der Waals surface area contributed by atoms with Crippen molar-refractivity contribution in [2.24, 2.45) is 0 Å². The maximum Gasteiger partial charge on any atom is 0.344 e. The number of nitrogens with one attached hydrogen (secondary N) is 1. The Morgan fingerprint density at radius 1 is 1.00 bits per heavy atom. The number of carbonyl (C=O) groups is 2. The lowest BCUT2D eigenvalue weighted by atomic mass is 10.3. The van der Waals surface area contributed by atoms with E-state index >= 15 is 0 Å². The average Bonchev–Trinajstić information content (AvgIpc) is 2.53. The highest BCUT2D eigenvalue weighted by Crippen LogP contribution is 2.22. The molecule has 0 aliphatic rings. The first-order valence-corrected chi connectivity index (χ1v) is 8.31. The van der Waals surface area contributed by atoms with Crippen LogP contribution in [0.2, 0.25) is 15.1 Å². The first-order valence-electron chi connectivity index (χ1n) is 7.18. The number of rotatable bonds is 6. The van der Waals surface area contributed by atoms with Crippen molar-refractivity contribution in [1.29, 1.82) is 0 Å². The topological polar surface area (TPSA) is 64.6 Å². The number of benzene rings is 2. The molecule has 0 unspecified atom stereocenters. The summed E-state index contributed by atoms with van der Waals surface area (Å²) in [5, 5.41) is 3.88. The molecule has 1 atom stereocenters. The van der Waals surface area contributed by atoms with Crippen molar-refractivity contribution in [3.05, 3.63) is 57.5 Å². The lowest BCUT2D eigenvalue weighted by molar-refractivity contribution is -0.155. The second-order valence-electron chi connectivity index (χ2n) is 5.02. The van der Waals surface area contributed by atoms with Crippen LogP contribution in [0.15, 0.2) is 42.5 Å². The standard InChI is InChI=1S/C17H14Cl3NO4/c1-10(17(23)21-14-7-12(19)6-13(20)8-14)25-16(22)9-24-15-4-2-11(18)3-5-15/h2-8,10H,9H2,1H3,(H,21,23)/t10-/m0/s1. The molecule has 0 saturated carbocycles. The number of anilines is 1. The lowest BCUT2D eigenvalue weighted by Crippen LogP contribution is -2.31. The summed E-state index contributed by atoms with van der Waals surface area (Å²) in [4.78, 5) is 23.8. The molecule has 2 aromatic carbocycles. The van der Waals surface area contributed by atoms with Gasteiger partial charge in [0.05, 0.1) is 0 Å². The summed E-state index contributed by atoms with van der Waals surface area (Å²) in [6.45, 7) is 1.12.